The lowest BCUT2D eigenvalue weighted by molar-refractivity contribution is -0.123. The van der Waals surface area contributed by atoms with E-state index in [0.29, 0.717) is 46.2 Å². The second-order valence-electron chi connectivity index (χ2n) is 10.2. The summed E-state index contributed by atoms with van der Waals surface area (Å²) in [5.41, 5.74) is 2.18. The molecule has 4 aromatic rings. The number of ether oxygens (including phenoxy) is 2. The number of hydrogen-bond acceptors (Lipinski definition) is 7. The van der Waals surface area contributed by atoms with Crippen molar-refractivity contribution < 1.29 is 28.3 Å². The number of carbonyl (C=O) groups is 3. The standard InChI is InChI=1S/C31H31N3O6/c1-6-31(2,3)34(29(36)20-13-16-25(38-4)26(17-20)39-5)23-18-27(35)33(30(23)37)21-14-11-19(12-15-21)28-32-22-9-7-8-10-24(22)40-28/h7-17,23H,6,18H2,1-5H3. The highest BCUT2D eigenvalue weighted by Gasteiger charge is 2.48. The van der Waals surface area contributed by atoms with Crippen LogP contribution in [-0.4, -0.2) is 53.4 Å². The number of hydrogen-bond donors (Lipinski definition) is 0. The van der Waals surface area contributed by atoms with E-state index in [9.17, 15) is 14.4 Å². The Labute approximate surface area is 232 Å². The molecule has 1 aromatic heterocycles. The molecule has 3 amide bonds. The minimum absolute atomic E-state index is 0.117. The summed E-state index contributed by atoms with van der Waals surface area (Å²) in [5, 5.41) is 0. The van der Waals surface area contributed by atoms with Crippen molar-refractivity contribution in [3.63, 3.8) is 0 Å². The number of oxazole rings is 1. The van der Waals surface area contributed by atoms with E-state index in [-0.39, 0.29) is 18.2 Å². The SMILES string of the molecule is CCC(C)(C)N(C(=O)c1ccc(OC)c(OC)c1)C1CC(=O)N(c2ccc(-c3nc4ccccc4o3)cc2)C1=O. The molecular formula is C31H31N3O6. The van der Waals surface area contributed by atoms with Gasteiger partial charge < -0.3 is 18.8 Å². The summed E-state index contributed by atoms with van der Waals surface area (Å²) in [5.74, 6) is 0.141. The van der Waals surface area contributed by atoms with Crippen molar-refractivity contribution in [3.8, 4) is 23.0 Å². The van der Waals surface area contributed by atoms with Crippen LogP contribution in [0.15, 0.2) is 71.1 Å². The fraction of sp³-hybridized carbons (Fsp3) is 0.290. The zero-order valence-electron chi connectivity index (χ0n) is 23.1. The third-order valence-electron chi connectivity index (χ3n) is 7.47. The molecule has 1 saturated heterocycles. The number of rotatable bonds is 8. The molecular weight excluding hydrogens is 510 g/mol. The molecule has 2 heterocycles. The lowest BCUT2D eigenvalue weighted by atomic mass is 9.94. The second kappa shape index (κ2) is 10.5. The van der Waals surface area contributed by atoms with Crippen molar-refractivity contribution in [1.82, 2.24) is 9.88 Å². The lowest BCUT2D eigenvalue weighted by Gasteiger charge is -2.41. The van der Waals surface area contributed by atoms with Crippen LogP contribution < -0.4 is 14.4 Å². The van der Waals surface area contributed by atoms with Gasteiger partial charge in [-0.05, 0) is 74.9 Å². The minimum atomic E-state index is -0.959. The molecule has 1 aliphatic rings. The maximum Gasteiger partial charge on any atom is 0.257 e. The van der Waals surface area contributed by atoms with Gasteiger partial charge in [0.25, 0.3) is 11.8 Å². The maximum atomic E-state index is 13.9. The molecule has 9 heteroatoms. The normalized spacial score (nSPS) is 15.5. The Morgan fingerprint density at radius 3 is 2.38 bits per heavy atom. The molecule has 3 aromatic carbocycles. The third-order valence-corrected chi connectivity index (χ3v) is 7.47. The smallest absolute Gasteiger partial charge is 0.257 e. The predicted molar refractivity (Wildman–Crippen MR) is 150 cm³/mol. The number of carbonyl (C=O) groups excluding carboxylic acids is 3. The lowest BCUT2D eigenvalue weighted by Crippen LogP contribution is -2.55. The van der Waals surface area contributed by atoms with E-state index < -0.39 is 17.5 Å². The van der Waals surface area contributed by atoms with Crippen molar-refractivity contribution in [2.45, 2.75) is 45.2 Å². The fourth-order valence-electron chi connectivity index (χ4n) is 4.95. The van der Waals surface area contributed by atoms with Gasteiger partial charge in [0.1, 0.15) is 11.6 Å². The molecule has 5 rings (SSSR count). The Hall–Kier alpha value is -4.66. The molecule has 0 saturated carbocycles. The average Bonchev–Trinajstić information content (AvgIpc) is 3.53. The van der Waals surface area contributed by atoms with Crippen LogP contribution in [0.25, 0.3) is 22.6 Å². The van der Waals surface area contributed by atoms with Crippen molar-refractivity contribution >= 4 is 34.5 Å². The molecule has 0 spiro atoms. The van der Waals surface area contributed by atoms with Gasteiger partial charge in [-0.3, -0.25) is 14.4 Å². The molecule has 0 aliphatic carbocycles. The second-order valence-corrected chi connectivity index (χ2v) is 10.2. The van der Waals surface area contributed by atoms with E-state index in [1.165, 1.54) is 19.1 Å². The summed E-state index contributed by atoms with van der Waals surface area (Å²) in [6, 6.07) is 18.3. The molecule has 0 radical (unpaired) electrons. The zero-order valence-corrected chi connectivity index (χ0v) is 23.1. The van der Waals surface area contributed by atoms with E-state index in [2.05, 4.69) is 4.98 Å². The van der Waals surface area contributed by atoms with Crippen molar-refractivity contribution in [2.24, 2.45) is 0 Å². The quantitative estimate of drug-likeness (QED) is 0.272. The van der Waals surface area contributed by atoms with Crippen LogP contribution >= 0.6 is 0 Å². The van der Waals surface area contributed by atoms with E-state index in [4.69, 9.17) is 13.9 Å². The number of benzene rings is 3. The highest BCUT2D eigenvalue weighted by molar-refractivity contribution is 6.23. The fourth-order valence-corrected chi connectivity index (χ4v) is 4.95. The van der Waals surface area contributed by atoms with E-state index in [0.717, 1.165) is 10.4 Å². The Morgan fingerprint density at radius 1 is 1.02 bits per heavy atom. The van der Waals surface area contributed by atoms with E-state index in [1.807, 2.05) is 45.0 Å². The van der Waals surface area contributed by atoms with E-state index >= 15 is 0 Å². The van der Waals surface area contributed by atoms with Gasteiger partial charge in [-0.15, -0.1) is 0 Å². The van der Waals surface area contributed by atoms with Crippen molar-refractivity contribution in [2.75, 3.05) is 19.1 Å². The summed E-state index contributed by atoms with van der Waals surface area (Å²) >= 11 is 0. The third kappa shape index (κ3) is 4.68. The molecule has 1 unspecified atom stereocenters. The summed E-state index contributed by atoms with van der Waals surface area (Å²) in [6.07, 6.45) is 0.456. The van der Waals surface area contributed by atoms with Crippen molar-refractivity contribution in [1.29, 1.82) is 0 Å². The summed E-state index contributed by atoms with van der Waals surface area (Å²) < 4.78 is 16.5. The highest BCUT2D eigenvalue weighted by atomic mass is 16.5. The van der Waals surface area contributed by atoms with Crippen LogP contribution in [0.4, 0.5) is 5.69 Å². The first-order chi connectivity index (χ1) is 19.2. The predicted octanol–water partition coefficient (Wildman–Crippen LogP) is 5.47. The Balaban J connectivity index is 1.44. The van der Waals surface area contributed by atoms with Crippen LogP contribution in [-0.2, 0) is 9.59 Å². The molecule has 1 fully saturated rings. The van der Waals surface area contributed by atoms with Gasteiger partial charge >= 0.3 is 0 Å². The zero-order chi connectivity index (χ0) is 28.6. The number of nitrogens with zero attached hydrogens (tertiary/aromatic N) is 3. The van der Waals surface area contributed by atoms with Gasteiger partial charge in [0, 0.05) is 16.7 Å². The number of anilines is 1. The van der Waals surface area contributed by atoms with Gasteiger partial charge in [0.05, 0.1) is 26.3 Å². The molecule has 0 bridgehead atoms. The number of imide groups is 1. The van der Waals surface area contributed by atoms with E-state index in [1.54, 1.807) is 42.5 Å². The number of fused-ring (bicyclic) bond motifs is 1. The summed E-state index contributed by atoms with van der Waals surface area (Å²) in [7, 11) is 3.01. The molecule has 9 nitrogen and oxygen atoms in total. The number of amides is 3. The molecule has 206 valence electrons. The first kappa shape index (κ1) is 26.9. The van der Waals surface area contributed by atoms with Gasteiger partial charge in [-0.1, -0.05) is 19.1 Å². The van der Waals surface area contributed by atoms with Crippen LogP contribution in [0.2, 0.25) is 0 Å². The Morgan fingerprint density at radius 2 is 1.73 bits per heavy atom. The van der Waals surface area contributed by atoms with Crippen LogP contribution in [0.1, 0.15) is 44.0 Å². The summed E-state index contributed by atoms with van der Waals surface area (Å²) in [4.78, 5) is 48.1. The molecule has 1 aliphatic heterocycles. The topological polar surface area (TPSA) is 102 Å². The van der Waals surface area contributed by atoms with Crippen LogP contribution in [0.3, 0.4) is 0 Å². The molecule has 0 N–H and O–H groups in total. The number of para-hydroxylation sites is 2. The first-order valence-corrected chi connectivity index (χ1v) is 13.1. The summed E-state index contributed by atoms with van der Waals surface area (Å²) in [6.45, 7) is 5.72. The monoisotopic (exact) mass is 541 g/mol. The first-order valence-electron chi connectivity index (χ1n) is 13.1. The highest BCUT2D eigenvalue weighted by Crippen LogP contribution is 2.35. The van der Waals surface area contributed by atoms with Crippen LogP contribution in [0.5, 0.6) is 11.5 Å². The average molecular weight is 542 g/mol. The number of methoxy groups -OCH3 is 2. The number of aromatic nitrogens is 1. The Kier molecular flexibility index (Phi) is 7.06. The van der Waals surface area contributed by atoms with Gasteiger partial charge in [-0.25, -0.2) is 9.88 Å². The van der Waals surface area contributed by atoms with Gasteiger partial charge in [0.15, 0.2) is 17.1 Å². The molecule has 1 atom stereocenters. The van der Waals surface area contributed by atoms with Crippen LogP contribution in [0, 0.1) is 0 Å². The Bertz CT molecular complexity index is 1560. The molecule has 40 heavy (non-hydrogen) atoms. The minimum Gasteiger partial charge on any atom is -0.493 e. The maximum absolute atomic E-state index is 13.9. The van der Waals surface area contributed by atoms with Gasteiger partial charge in [0.2, 0.25) is 11.8 Å². The largest absolute Gasteiger partial charge is 0.493 e. The van der Waals surface area contributed by atoms with Crippen molar-refractivity contribution in [3.05, 3.63) is 72.3 Å². The van der Waals surface area contributed by atoms with Gasteiger partial charge in [-0.2, -0.15) is 0 Å².